The summed E-state index contributed by atoms with van der Waals surface area (Å²) in [6, 6.07) is 6.30. The Labute approximate surface area is 91.6 Å². The number of benzene rings is 1. The summed E-state index contributed by atoms with van der Waals surface area (Å²) < 4.78 is 5.99. The maximum Gasteiger partial charge on any atom is 0.142 e. The lowest BCUT2D eigenvalue weighted by Gasteiger charge is -2.16. The van der Waals surface area contributed by atoms with Crippen LogP contribution in [0.25, 0.3) is 0 Å². The Balaban J connectivity index is 2.12. The third kappa shape index (κ3) is 2.44. The molecule has 2 nitrogen and oxygen atoms in total. The van der Waals surface area contributed by atoms with Gasteiger partial charge in [-0.3, -0.25) is 0 Å². The Morgan fingerprint density at radius 3 is 2.67 bits per heavy atom. The highest BCUT2D eigenvalue weighted by Crippen LogP contribution is 2.30. The minimum atomic E-state index is 0.430. The molecule has 1 N–H and O–H groups in total. The zero-order chi connectivity index (χ0) is 10.7. The van der Waals surface area contributed by atoms with E-state index in [1.54, 1.807) is 0 Å². The SMILES string of the molecule is CNc1cc(C)ccc1OC1CCCC1. The molecule has 0 bridgehead atoms. The molecule has 1 fully saturated rings. The summed E-state index contributed by atoms with van der Waals surface area (Å²) >= 11 is 0. The van der Waals surface area contributed by atoms with Crippen LogP contribution in [-0.2, 0) is 0 Å². The van der Waals surface area contributed by atoms with Crippen LogP contribution in [-0.4, -0.2) is 13.2 Å². The molecule has 0 unspecified atom stereocenters. The fourth-order valence-corrected chi connectivity index (χ4v) is 2.13. The molecule has 0 saturated heterocycles. The molecule has 0 radical (unpaired) electrons. The van der Waals surface area contributed by atoms with Crippen molar-refractivity contribution in [3.05, 3.63) is 23.8 Å². The van der Waals surface area contributed by atoms with Crippen molar-refractivity contribution >= 4 is 5.69 Å². The zero-order valence-corrected chi connectivity index (χ0v) is 9.55. The van der Waals surface area contributed by atoms with Crippen molar-refractivity contribution in [1.29, 1.82) is 0 Å². The fourth-order valence-electron chi connectivity index (χ4n) is 2.13. The van der Waals surface area contributed by atoms with Crippen LogP contribution in [0.3, 0.4) is 0 Å². The molecule has 0 aliphatic heterocycles. The van der Waals surface area contributed by atoms with Crippen molar-refractivity contribution in [2.24, 2.45) is 0 Å². The summed E-state index contributed by atoms with van der Waals surface area (Å²) in [6.07, 6.45) is 5.46. The summed E-state index contributed by atoms with van der Waals surface area (Å²) in [5, 5.41) is 3.19. The first kappa shape index (κ1) is 10.3. The van der Waals surface area contributed by atoms with Crippen LogP contribution in [0.1, 0.15) is 31.2 Å². The van der Waals surface area contributed by atoms with Crippen molar-refractivity contribution in [2.75, 3.05) is 12.4 Å². The smallest absolute Gasteiger partial charge is 0.142 e. The molecule has 1 aliphatic carbocycles. The Kier molecular flexibility index (Phi) is 3.14. The van der Waals surface area contributed by atoms with Gasteiger partial charge in [-0.1, -0.05) is 6.07 Å². The first-order valence-corrected chi connectivity index (χ1v) is 5.74. The van der Waals surface area contributed by atoms with E-state index in [9.17, 15) is 0 Å². The first-order chi connectivity index (χ1) is 7.29. The van der Waals surface area contributed by atoms with Gasteiger partial charge in [0.05, 0.1) is 11.8 Å². The average molecular weight is 205 g/mol. The number of hydrogen-bond donors (Lipinski definition) is 1. The molecule has 1 aromatic rings. The molecule has 82 valence electrons. The van der Waals surface area contributed by atoms with E-state index in [1.165, 1.54) is 31.2 Å². The van der Waals surface area contributed by atoms with Gasteiger partial charge in [-0.05, 0) is 50.3 Å². The average Bonchev–Trinajstić information content (AvgIpc) is 2.73. The van der Waals surface area contributed by atoms with Gasteiger partial charge in [0.2, 0.25) is 0 Å². The van der Waals surface area contributed by atoms with Gasteiger partial charge in [0, 0.05) is 7.05 Å². The number of rotatable bonds is 3. The van der Waals surface area contributed by atoms with E-state index in [-0.39, 0.29) is 0 Å². The summed E-state index contributed by atoms with van der Waals surface area (Å²) in [4.78, 5) is 0. The van der Waals surface area contributed by atoms with Crippen LogP contribution < -0.4 is 10.1 Å². The van der Waals surface area contributed by atoms with Crippen molar-refractivity contribution in [1.82, 2.24) is 0 Å². The molecule has 15 heavy (non-hydrogen) atoms. The van der Waals surface area contributed by atoms with E-state index in [2.05, 4.69) is 30.4 Å². The number of ether oxygens (including phenoxy) is 1. The van der Waals surface area contributed by atoms with Gasteiger partial charge in [-0.25, -0.2) is 0 Å². The lowest BCUT2D eigenvalue weighted by atomic mass is 10.2. The molecule has 0 amide bonds. The second kappa shape index (κ2) is 4.56. The third-order valence-electron chi connectivity index (χ3n) is 3.00. The minimum absolute atomic E-state index is 0.430. The topological polar surface area (TPSA) is 21.3 Å². The van der Waals surface area contributed by atoms with E-state index >= 15 is 0 Å². The highest BCUT2D eigenvalue weighted by atomic mass is 16.5. The molecule has 0 spiro atoms. The van der Waals surface area contributed by atoms with Crippen molar-refractivity contribution in [2.45, 2.75) is 38.7 Å². The summed E-state index contributed by atoms with van der Waals surface area (Å²) in [5.74, 6) is 0.995. The number of aryl methyl sites for hydroxylation is 1. The molecule has 1 aliphatic rings. The number of nitrogens with one attached hydrogen (secondary N) is 1. The normalized spacial score (nSPS) is 16.7. The van der Waals surface area contributed by atoms with Crippen LogP contribution in [0.5, 0.6) is 5.75 Å². The Morgan fingerprint density at radius 1 is 1.27 bits per heavy atom. The quantitative estimate of drug-likeness (QED) is 0.817. The van der Waals surface area contributed by atoms with Crippen molar-refractivity contribution in [3.63, 3.8) is 0 Å². The molecular formula is C13H19NO. The molecule has 0 heterocycles. The lowest BCUT2D eigenvalue weighted by Crippen LogP contribution is -2.12. The zero-order valence-electron chi connectivity index (χ0n) is 9.55. The largest absolute Gasteiger partial charge is 0.488 e. The maximum absolute atomic E-state index is 5.99. The van der Waals surface area contributed by atoms with Crippen LogP contribution in [0.4, 0.5) is 5.69 Å². The van der Waals surface area contributed by atoms with Crippen LogP contribution in [0.2, 0.25) is 0 Å². The third-order valence-corrected chi connectivity index (χ3v) is 3.00. The summed E-state index contributed by atoms with van der Waals surface area (Å²) in [6.45, 7) is 2.10. The van der Waals surface area contributed by atoms with Gasteiger partial charge in [0.25, 0.3) is 0 Å². The minimum Gasteiger partial charge on any atom is -0.488 e. The number of hydrogen-bond acceptors (Lipinski definition) is 2. The van der Waals surface area contributed by atoms with Crippen molar-refractivity contribution < 1.29 is 4.74 Å². The predicted molar refractivity (Wildman–Crippen MR) is 63.6 cm³/mol. The molecule has 1 saturated carbocycles. The van der Waals surface area contributed by atoms with Gasteiger partial charge in [-0.15, -0.1) is 0 Å². The van der Waals surface area contributed by atoms with E-state index in [0.29, 0.717) is 6.10 Å². The highest BCUT2D eigenvalue weighted by molar-refractivity contribution is 5.57. The van der Waals surface area contributed by atoms with Crippen molar-refractivity contribution in [3.8, 4) is 5.75 Å². The molecule has 2 rings (SSSR count). The lowest BCUT2D eigenvalue weighted by molar-refractivity contribution is 0.211. The second-order valence-corrected chi connectivity index (χ2v) is 4.27. The van der Waals surface area contributed by atoms with Crippen LogP contribution in [0, 0.1) is 6.92 Å². The van der Waals surface area contributed by atoms with Gasteiger partial charge in [-0.2, -0.15) is 0 Å². The van der Waals surface area contributed by atoms with Gasteiger partial charge < -0.3 is 10.1 Å². The Bertz CT molecular complexity index is 329. The van der Waals surface area contributed by atoms with Crippen LogP contribution in [0.15, 0.2) is 18.2 Å². The van der Waals surface area contributed by atoms with E-state index in [0.717, 1.165) is 11.4 Å². The van der Waals surface area contributed by atoms with Gasteiger partial charge >= 0.3 is 0 Å². The van der Waals surface area contributed by atoms with E-state index < -0.39 is 0 Å². The monoisotopic (exact) mass is 205 g/mol. The first-order valence-electron chi connectivity index (χ1n) is 5.74. The second-order valence-electron chi connectivity index (χ2n) is 4.27. The van der Waals surface area contributed by atoms with Gasteiger partial charge in [0.1, 0.15) is 5.75 Å². The molecule has 0 atom stereocenters. The molecule has 1 aromatic carbocycles. The van der Waals surface area contributed by atoms with Crippen LogP contribution >= 0.6 is 0 Å². The molecule has 2 heteroatoms. The summed E-state index contributed by atoms with van der Waals surface area (Å²) in [7, 11) is 1.94. The highest BCUT2D eigenvalue weighted by Gasteiger charge is 2.17. The Hall–Kier alpha value is -1.18. The predicted octanol–water partition coefficient (Wildman–Crippen LogP) is 3.36. The fraction of sp³-hybridized carbons (Fsp3) is 0.538. The number of anilines is 1. The van der Waals surface area contributed by atoms with E-state index in [4.69, 9.17) is 4.74 Å². The molecule has 0 aromatic heterocycles. The molecular weight excluding hydrogens is 186 g/mol. The van der Waals surface area contributed by atoms with E-state index in [1.807, 2.05) is 7.05 Å². The standard InChI is InChI=1S/C13H19NO/c1-10-7-8-13(12(9-10)14-2)15-11-5-3-4-6-11/h7-9,11,14H,3-6H2,1-2H3. The Morgan fingerprint density at radius 2 is 2.00 bits per heavy atom. The van der Waals surface area contributed by atoms with Gasteiger partial charge in [0.15, 0.2) is 0 Å². The maximum atomic E-state index is 5.99. The summed E-state index contributed by atoms with van der Waals surface area (Å²) in [5.41, 5.74) is 2.36.